The first-order chi connectivity index (χ1) is 12.5. The minimum absolute atomic E-state index is 0.283. The highest BCUT2D eigenvalue weighted by Gasteiger charge is 2.15. The number of carbonyl (C=O) groups is 2. The highest BCUT2D eigenvalue weighted by molar-refractivity contribution is 9.10. The average molecular weight is 423 g/mol. The van der Waals surface area contributed by atoms with Crippen molar-refractivity contribution in [1.82, 2.24) is 10.9 Å². The van der Waals surface area contributed by atoms with E-state index in [1.807, 2.05) is 0 Å². The standard InChI is InChI=1S/C18H19BrN2O5/c1-24-9-10-26-16-8-5-13(19)11-15(16)18(23)21-20-17(22)12-3-6-14(25-2)7-4-12/h3-8,11H,9-10H2,1-2H3,(H,20,22)(H,21,23). The number of rotatable bonds is 7. The Bertz CT molecular complexity index is 765. The molecule has 0 radical (unpaired) electrons. The van der Waals surface area contributed by atoms with Gasteiger partial charge in [-0.1, -0.05) is 15.9 Å². The fourth-order valence-electron chi connectivity index (χ4n) is 2.04. The van der Waals surface area contributed by atoms with E-state index in [-0.39, 0.29) is 5.56 Å². The summed E-state index contributed by atoms with van der Waals surface area (Å²) in [4.78, 5) is 24.5. The molecule has 2 N–H and O–H groups in total. The lowest BCUT2D eigenvalue weighted by Crippen LogP contribution is -2.41. The number of hydrogen-bond acceptors (Lipinski definition) is 5. The van der Waals surface area contributed by atoms with E-state index in [0.717, 1.165) is 0 Å². The van der Waals surface area contributed by atoms with Gasteiger partial charge in [0.2, 0.25) is 0 Å². The van der Waals surface area contributed by atoms with Gasteiger partial charge in [0, 0.05) is 17.1 Å². The smallest absolute Gasteiger partial charge is 0.273 e. The Labute approximate surface area is 159 Å². The first kappa shape index (κ1) is 19.7. The molecule has 7 nitrogen and oxygen atoms in total. The summed E-state index contributed by atoms with van der Waals surface area (Å²) < 4.78 is 16.2. The fraction of sp³-hybridized carbons (Fsp3) is 0.222. The molecule has 0 atom stereocenters. The average Bonchev–Trinajstić information content (AvgIpc) is 2.67. The number of hydrazine groups is 1. The zero-order valence-corrected chi connectivity index (χ0v) is 16.0. The van der Waals surface area contributed by atoms with Gasteiger partial charge in [0.05, 0.1) is 19.3 Å². The number of carbonyl (C=O) groups excluding carboxylic acids is 2. The molecule has 26 heavy (non-hydrogen) atoms. The van der Waals surface area contributed by atoms with Crippen molar-refractivity contribution in [2.24, 2.45) is 0 Å². The number of halogens is 1. The molecule has 0 saturated carbocycles. The van der Waals surface area contributed by atoms with Gasteiger partial charge < -0.3 is 14.2 Å². The molecule has 0 unspecified atom stereocenters. The van der Waals surface area contributed by atoms with Crippen LogP contribution in [0.1, 0.15) is 20.7 Å². The van der Waals surface area contributed by atoms with Crippen LogP contribution in [0.2, 0.25) is 0 Å². The summed E-state index contributed by atoms with van der Waals surface area (Å²) >= 11 is 3.32. The number of amides is 2. The molecule has 0 bridgehead atoms. The summed E-state index contributed by atoms with van der Waals surface area (Å²) in [7, 11) is 3.10. The van der Waals surface area contributed by atoms with E-state index in [2.05, 4.69) is 26.8 Å². The lowest BCUT2D eigenvalue weighted by atomic mass is 10.2. The summed E-state index contributed by atoms with van der Waals surface area (Å²) in [5, 5.41) is 0. The van der Waals surface area contributed by atoms with Crippen LogP contribution in [-0.2, 0) is 4.74 Å². The molecular weight excluding hydrogens is 404 g/mol. The molecular formula is C18H19BrN2O5. The van der Waals surface area contributed by atoms with Crippen molar-refractivity contribution >= 4 is 27.7 Å². The molecule has 0 aromatic heterocycles. The highest BCUT2D eigenvalue weighted by Crippen LogP contribution is 2.23. The van der Waals surface area contributed by atoms with Crippen LogP contribution in [0.15, 0.2) is 46.9 Å². The van der Waals surface area contributed by atoms with Crippen LogP contribution in [0.5, 0.6) is 11.5 Å². The van der Waals surface area contributed by atoms with Gasteiger partial charge in [-0.05, 0) is 42.5 Å². The second-order valence-electron chi connectivity index (χ2n) is 5.12. The summed E-state index contributed by atoms with van der Waals surface area (Å²) in [6.07, 6.45) is 0. The Morgan fingerprint density at radius 3 is 2.31 bits per heavy atom. The van der Waals surface area contributed by atoms with Crippen LogP contribution in [0.25, 0.3) is 0 Å². The summed E-state index contributed by atoms with van der Waals surface area (Å²) in [6.45, 7) is 0.696. The number of ether oxygens (including phenoxy) is 3. The van der Waals surface area contributed by atoms with Gasteiger partial charge in [-0.25, -0.2) is 0 Å². The van der Waals surface area contributed by atoms with Gasteiger partial charge in [-0.15, -0.1) is 0 Å². The predicted octanol–water partition coefficient (Wildman–Crippen LogP) is 2.56. The number of benzene rings is 2. The van der Waals surface area contributed by atoms with Crippen LogP contribution in [0.3, 0.4) is 0 Å². The van der Waals surface area contributed by atoms with Crippen molar-refractivity contribution in [3.63, 3.8) is 0 Å². The molecule has 0 aliphatic heterocycles. The van der Waals surface area contributed by atoms with Gasteiger partial charge in [0.15, 0.2) is 0 Å². The third-order valence-electron chi connectivity index (χ3n) is 3.37. The van der Waals surface area contributed by atoms with Crippen molar-refractivity contribution < 1.29 is 23.8 Å². The van der Waals surface area contributed by atoms with E-state index in [1.54, 1.807) is 56.7 Å². The number of methoxy groups -OCH3 is 2. The molecule has 2 amide bonds. The molecule has 0 spiro atoms. The Kier molecular flexibility index (Phi) is 7.43. The zero-order valence-electron chi connectivity index (χ0n) is 14.4. The van der Waals surface area contributed by atoms with E-state index < -0.39 is 11.8 Å². The molecule has 8 heteroatoms. The maximum Gasteiger partial charge on any atom is 0.273 e. The van der Waals surface area contributed by atoms with Gasteiger partial charge in [-0.3, -0.25) is 20.4 Å². The largest absolute Gasteiger partial charge is 0.497 e. The topological polar surface area (TPSA) is 85.9 Å². The third kappa shape index (κ3) is 5.47. The van der Waals surface area contributed by atoms with Crippen molar-refractivity contribution in [3.05, 3.63) is 58.1 Å². The molecule has 0 aliphatic carbocycles. The lowest BCUT2D eigenvalue weighted by Gasteiger charge is -2.13. The third-order valence-corrected chi connectivity index (χ3v) is 3.87. The molecule has 0 aliphatic rings. The Balaban J connectivity index is 2.02. The van der Waals surface area contributed by atoms with Crippen LogP contribution >= 0.6 is 15.9 Å². The number of hydrogen-bond donors (Lipinski definition) is 2. The monoisotopic (exact) mass is 422 g/mol. The van der Waals surface area contributed by atoms with Crippen molar-refractivity contribution in [1.29, 1.82) is 0 Å². The van der Waals surface area contributed by atoms with E-state index in [4.69, 9.17) is 14.2 Å². The van der Waals surface area contributed by atoms with E-state index >= 15 is 0 Å². The molecule has 138 valence electrons. The normalized spacial score (nSPS) is 10.1. The van der Waals surface area contributed by atoms with Crippen LogP contribution < -0.4 is 20.3 Å². The minimum Gasteiger partial charge on any atom is -0.497 e. The van der Waals surface area contributed by atoms with Crippen LogP contribution in [-0.4, -0.2) is 39.2 Å². The van der Waals surface area contributed by atoms with Gasteiger partial charge in [0.1, 0.15) is 18.1 Å². The maximum atomic E-state index is 12.4. The molecule has 2 rings (SSSR count). The Morgan fingerprint density at radius 2 is 1.65 bits per heavy atom. The lowest BCUT2D eigenvalue weighted by molar-refractivity contribution is 0.0842. The predicted molar refractivity (Wildman–Crippen MR) is 99.4 cm³/mol. The molecule has 0 fully saturated rings. The second-order valence-corrected chi connectivity index (χ2v) is 6.03. The number of nitrogens with one attached hydrogen (secondary N) is 2. The van der Waals surface area contributed by atoms with E-state index in [0.29, 0.717) is 34.7 Å². The van der Waals surface area contributed by atoms with Crippen molar-refractivity contribution in [2.75, 3.05) is 27.4 Å². The fourth-order valence-corrected chi connectivity index (χ4v) is 2.40. The van der Waals surface area contributed by atoms with Gasteiger partial charge in [-0.2, -0.15) is 0 Å². The first-order valence-corrected chi connectivity index (χ1v) is 8.50. The SMILES string of the molecule is COCCOc1ccc(Br)cc1C(=O)NNC(=O)c1ccc(OC)cc1. The van der Waals surface area contributed by atoms with Gasteiger partial charge >= 0.3 is 0 Å². The summed E-state index contributed by atoms with van der Waals surface area (Å²) in [5.41, 5.74) is 5.42. The second kappa shape index (κ2) is 9.79. The first-order valence-electron chi connectivity index (χ1n) is 7.71. The van der Waals surface area contributed by atoms with Crippen molar-refractivity contribution in [3.8, 4) is 11.5 Å². The summed E-state index contributed by atoms with van der Waals surface area (Å²) in [5.74, 6) is 0.0810. The Hall–Kier alpha value is -2.58. The molecule has 2 aromatic carbocycles. The maximum absolute atomic E-state index is 12.4. The molecule has 2 aromatic rings. The summed E-state index contributed by atoms with van der Waals surface area (Å²) in [6, 6.07) is 11.5. The van der Waals surface area contributed by atoms with Gasteiger partial charge in [0.25, 0.3) is 11.8 Å². The van der Waals surface area contributed by atoms with E-state index in [1.165, 1.54) is 0 Å². The van der Waals surface area contributed by atoms with Crippen molar-refractivity contribution in [2.45, 2.75) is 0 Å². The van der Waals surface area contributed by atoms with E-state index in [9.17, 15) is 9.59 Å². The molecule has 0 saturated heterocycles. The molecule has 0 heterocycles. The quantitative estimate of drug-likeness (QED) is 0.528. The zero-order chi connectivity index (χ0) is 18.9. The minimum atomic E-state index is -0.499. The highest BCUT2D eigenvalue weighted by atomic mass is 79.9. The van der Waals surface area contributed by atoms with Crippen LogP contribution in [0.4, 0.5) is 0 Å². The Morgan fingerprint density at radius 1 is 0.962 bits per heavy atom. The van der Waals surface area contributed by atoms with Crippen LogP contribution in [0, 0.1) is 0 Å².